The number of esters is 3. The van der Waals surface area contributed by atoms with Crippen LogP contribution in [0.4, 0.5) is 0 Å². The van der Waals surface area contributed by atoms with E-state index in [2.05, 4.69) is 9.47 Å². The van der Waals surface area contributed by atoms with Gasteiger partial charge in [-0.3, -0.25) is 38.6 Å². The number of imide groups is 2. The number of nitrogens with zero attached hydrogens (tertiary/aromatic N) is 2. The molecule has 2 saturated heterocycles. The fourth-order valence-electron chi connectivity index (χ4n) is 3.22. The third kappa shape index (κ3) is 5.72. The summed E-state index contributed by atoms with van der Waals surface area (Å²) in [7, 11) is 0. The van der Waals surface area contributed by atoms with Crippen LogP contribution in [0.1, 0.15) is 38.5 Å². The van der Waals surface area contributed by atoms with Crippen molar-refractivity contribution in [2.45, 2.75) is 50.6 Å². The van der Waals surface area contributed by atoms with Crippen LogP contribution in [-0.4, -0.2) is 92.8 Å². The molecule has 0 aromatic rings. The molecule has 0 radical (unpaired) electrons. The number of carbonyl (C=O) groups excluding carboxylic acids is 7. The highest BCUT2D eigenvalue weighted by Gasteiger charge is 2.45. The number of hydrogen-bond donors (Lipinski definition) is 2. The lowest BCUT2D eigenvalue weighted by Crippen LogP contribution is -2.50. The highest BCUT2D eigenvalue weighted by atomic mass is 16.6. The standard InChI is InChI=1S/C18H20N2O12/c21-5-6-31-16(28)8-10(20-13(24)3-4-14(20)25)18(30)32-17(29)9(7-15(26)27)19-11(22)1-2-12(19)23/h9-10,21H,1-8H2,(H,26,27). The molecule has 14 nitrogen and oxygen atoms in total. The number of carboxylic acids is 1. The minimum Gasteiger partial charge on any atom is -0.481 e. The van der Waals surface area contributed by atoms with Crippen molar-refractivity contribution in [3.8, 4) is 0 Å². The molecule has 0 saturated carbocycles. The van der Waals surface area contributed by atoms with Gasteiger partial charge in [0.2, 0.25) is 23.6 Å². The number of likely N-dealkylation sites (tertiary alicyclic amines) is 2. The van der Waals surface area contributed by atoms with Gasteiger partial charge in [0.05, 0.1) is 19.4 Å². The fourth-order valence-corrected chi connectivity index (χ4v) is 3.22. The van der Waals surface area contributed by atoms with Crippen molar-refractivity contribution in [2.75, 3.05) is 13.2 Å². The predicted octanol–water partition coefficient (Wildman–Crippen LogP) is -2.51. The average Bonchev–Trinajstić information content (AvgIpc) is 3.23. The number of carbonyl (C=O) groups is 8. The summed E-state index contributed by atoms with van der Waals surface area (Å²) in [5.41, 5.74) is 0. The summed E-state index contributed by atoms with van der Waals surface area (Å²) in [4.78, 5) is 96.9. The van der Waals surface area contributed by atoms with Gasteiger partial charge in [0.15, 0.2) is 0 Å². The van der Waals surface area contributed by atoms with Gasteiger partial charge in [0.1, 0.15) is 18.7 Å². The van der Waals surface area contributed by atoms with Crippen LogP contribution in [0.5, 0.6) is 0 Å². The second-order valence-electron chi connectivity index (χ2n) is 6.83. The molecule has 0 aromatic carbocycles. The Labute approximate surface area is 180 Å². The van der Waals surface area contributed by atoms with Gasteiger partial charge in [-0.1, -0.05) is 0 Å². The quantitative estimate of drug-likeness (QED) is 0.199. The minimum atomic E-state index is -1.95. The normalized spacial score (nSPS) is 18.0. The zero-order valence-corrected chi connectivity index (χ0v) is 16.7. The van der Waals surface area contributed by atoms with Crippen LogP contribution in [0.25, 0.3) is 0 Å². The molecule has 2 unspecified atom stereocenters. The van der Waals surface area contributed by atoms with Crippen LogP contribution in [0.3, 0.4) is 0 Å². The second-order valence-corrected chi connectivity index (χ2v) is 6.83. The third-order valence-corrected chi connectivity index (χ3v) is 4.63. The summed E-state index contributed by atoms with van der Waals surface area (Å²) < 4.78 is 9.22. The van der Waals surface area contributed by atoms with Crippen molar-refractivity contribution in [2.24, 2.45) is 0 Å². The first-order valence-electron chi connectivity index (χ1n) is 9.50. The Morgan fingerprint density at radius 3 is 1.56 bits per heavy atom. The summed E-state index contributed by atoms with van der Waals surface area (Å²) in [5, 5.41) is 17.7. The van der Waals surface area contributed by atoms with Crippen molar-refractivity contribution >= 4 is 47.5 Å². The summed E-state index contributed by atoms with van der Waals surface area (Å²) in [5.74, 6) is -9.08. The smallest absolute Gasteiger partial charge is 0.337 e. The van der Waals surface area contributed by atoms with Crippen LogP contribution in [-0.2, 0) is 47.8 Å². The topological polar surface area (TPSA) is 202 Å². The van der Waals surface area contributed by atoms with Gasteiger partial charge >= 0.3 is 23.9 Å². The molecule has 0 bridgehead atoms. The molecule has 2 atom stereocenters. The maximum atomic E-state index is 12.6. The van der Waals surface area contributed by atoms with E-state index < -0.39 is 85.6 Å². The monoisotopic (exact) mass is 456 g/mol. The molecule has 2 aliphatic rings. The van der Waals surface area contributed by atoms with Crippen molar-refractivity contribution in [3.63, 3.8) is 0 Å². The Hall–Kier alpha value is -3.68. The van der Waals surface area contributed by atoms with Crippen LogP contribution in [0, 0.1) is 0 Å². The highest BCUT2D eigenvalue weighted by Crippen LogP contribution is 2.22. The molecule has 4 amide bonds. The Kier molecular flexibility index (Phi) is 8.12. The highest BCUT2D eigenvalue weighted by molar-refractivity contribution is 6.09. The van der Waals surface area contributed by atoms with Crippen LogP contribution in [0.2, 0.25) is 0 Å². The molecule has 0 spiro atoms. The van der Waals surface area contributed by atoms with Gasteiger partial charge < -0.3 is 19.7 Å². The van der Waals surface area contributed by atoms with Gasteiger partial charge in [0.25, 0.3) is 0 Å². The first-order valence-corrected chi connectivity index (χ1v) is 9.50. The molecule has 2 fully saturated rings. The fraction of sp³-hybridized carbons (Fsp3) is 0.556. The van der Waals surface area contributed by atoms with Crippen molar-refractivity contribution in [3.05, 3.63) is 0 Å². The van der Waals surface area contributed by atoms with E-state index in [4.69, 9.17) is 10.2 Å². The molecular weight excluding hydrogens is 436 g/mol. The average molecular weight is 456 g/mol. The molecule has 2 rings (SSSR count). The summed E-state index contributed by atoms with van der Waals surface area (Å²) in [6.07, 6.45) is -2.96. The molecular formula is C18H20N2O12. The van der Waals surface area contributed by atoms with Crippen LogP contribution in [0.15, 0.2) is 0 Å². The molecule has 2 aliphatic heterocycles. The first-order chi connectivity index (χ1) is 15.1. The summed E-state index contributed by atoms with van der Waals surface area (Å²) in [6, 6.07) is -3.85. The second kappa shape index (κ2) is 10.6. The van der Waals surface area contributed by atoms with Crippen molar-refractivity contribution in [1.29, 1.82) is 0 Å². The lowest BCUT2D eigenvalue weighted by molar-refractivity contribution is -0.174. The van der Waals surface area contributed by atoms with E-state index >= 15 is 0 Å². The molecule has 0 aliphatic carbocycles. The Morgan fingerprint density at radius 2 is 1.19 bits per heavy atom. The van der Waals surface area contributed by atoms with Crippen molar-refractivity contribution < 1.29 is 58.0 Å². The Morgan fingerprint density at radius 1 is 0.781 bits per heavy atom. The first kappa shape index (κ1) is 24.6. The molecule has 2 heterocycles. The number of aliphatic carboxylic acids is 1. The minimum absolute atomic E-state index is 0.249. The van der Waals surface area contributed by atoms with Gasteiger partial charge in [-0.15, -0.1) is 0 Å². The molecule has 174 valence electrons. The van der Waals surface area contributed by atoms with Gasteiger partial charge in [-0.2, -0.15) is 0 Å². The van der Waals surface area contributed by atoms with E-state index in [1.54, 1.807) is 0 Å². The van der Waals surface area contributed by atoms with Crippen LogP contribution < -0.4 is 0 Å². The molecule has 14 heteroatoms. The Bertz CT molecular complexity index is 834. The van der Waals surface area contributed by atoms with Gasteiger partial charge in [-0.25, -0.2) is 9.59 Å². The van der Waals surface area contributed by atoms with Gasteiger partial charge in [0, 0.05) is 25.7 Å². The number of carboxylic acid groups (broad SMARTS) is 1. The number of aliphatic hydroxyl groups is 1. The molecule has 2 N–H and O–H groups in total. The van der Waals surface area contributed by atoms with E-state index in [1.165, 1.54) is 0 Å². The maximum absolute atomic E-state index is 12.6. The van der Waals surface area contributed by atoms with E-state index in [-0.39, 0.29) is 25.7 Å². The zero-order chi connectivity index (χ0) is 24.0. The Balaban J connectivity index is 2.24. The van der Waals surface area contributed by atoms with Gasteiger partial charge in [-0.05, 0) is 0 Å². The molecule has 0 aromatic heterocycles. The largest absolute Gasteiger partial charge is 0.481 e. The number of aliphatic hydroxyl groups excluding tert-OH is 1. The van der Waals surface area contributed by atoms with Crippen LogP contribution >= 0.6 is 0 Å². The lowest BCUT2D eigenvalue weighted by atomic mass is 10.1. The molecule has 32 heavy (non-hydrogen) atoms. The number of hydrogen-bond acceptors (Lipinski definition) is 11. The predicted molar refractivity (Wildman–Crippen MR) is 95.8 cm³/mol. The lowest BCUT2D eigenvalue weighted by Gasteiger charge is -2.26. The third-order valence-electron chi connectivity index (χ3n) is 4.63. The van der Waals surface area contributed by atoms with E-state index in [9.17, 15) is 38.4 Å². The number of rotatable bonds is 10. The summed E-state index contributed by atoms with van der Waals surface area (Å²) in [6.45, 7) is -0.961. The SMILES string of the molecule is O=C(O)CC(C(=O)OC(=O)C(CC(=O)OCCO)N1C(=O)CCC1=O)N1C(=O)CCC1=O. The van der Waals surface area contributed by atoms with E-state index in [0.717, 1.165) is 0 Å². The van der Waals surface area contributed by atoms with Crippen molar-refractivity contribution in [1.82, 2.24) is 9.80 Å². The summed E-state index contributed by atoms with van der Waals surface area (Å²) >= 11 is 0. The van der Waals surface area contributed by atoms with E-state index in [0.29, 0.717) is 9.80 Å². The zero-order valence-electron chi connectivity index (χ0n) is 16.7. The van der Waals surface area contributed by atoms with E-state index in [1.807, 2.05) is 0 Å². The number of ether oxygens (including phenoxy) is 2. The maximum Gasteiger partial charge on any atom is 0.337 e. The number of amides is 4.